The van der Waals surface area contributed by atoms with Crippen molar-refractivity contribution in [2.24, 2.45) is 0 Å². The van der Waals surface area contributed by atoms with Gasteiger partial charge in [0.15, 0.2) is 0 Å². The second-order valence-electron chi connectivity index (χ2n) is 18.8. The maximum atomic E-state index is 2.71. The number of allylic oxidation sites excluding steroid dienone is 16. The van der Waals surface area contributed by atoms with Crippen LogP contribution in [0.15, 0.2) is 146 Å². The van der Waals surface area contributed by atoms with Gasteiger partial charge >= 0.3 is 0 Å². The molecule has 0 spiro atoms. The van der Waals surface area contributed by atoms with Crippen LogP contribution in [0.2, 0.25) is 25.2 Å². The fourth-order valence-electron chi connectivity index (χ4n) is 12.3. The monoisotopic (exact) mass is 834 g/mol. The van der Waals surface area contributed by atoms with E-state index in [0.29, 0.717) is 0 Å². The Labute approximate surface area is 379 Å². The van der Waals surface area contributed by atoms with Crippen LogP contribution in [0.4, 0.5) is 0 Å². The van der Waals surface area contributed by atoms with Crippen LogP contribution in [-0.2, 0) is 0 Å². The summed E-state index contributed by atoms with van der Waals surface area (Å²) in [4.78, 5) is 0. The van der Waals surface area contributed by atoms with E-state index in [1.165, 1.54) is 131 Å². The Morgan fingerprint density at radius 3 is 1.13 bits per heavy atom. The van der Waals surface area contributed by atoms with Crippen LogP contribution in [-0.4, -0.2) is 16.1 Å². The molecule has 4 saturated carbocycles. The summed E-state index contributed by atoms with van der Waals surface area (Å²) in [5.74, 6) is 17.4. The predicted molar refractivity (Wildman–Crippen MR) is 267 cm³/mol. The molecule has 306 valence electrons. The quantitative estimate of drug-likeness (QED) is 0.139. The normalized spacial score (nSPS) is 26.7. The second kappa shape index (κ2) is 17.6. The molecule has 2 atom stereocenters. The molecule has 2 unspecified atom stereocenters. The lowest BCUT2D eigenvalue weighted by Gasteiger charge is -2.47. The number of benzene rings is 2. The molecule has 20 radical (unpaired) electrons. The molecule has 0 N–H and O–H groups in total. The Bertz CT molecular complexity index is 2000. The first kappa shape index (κ1) is 42.7. The van der Waals surface area contributed by atoms with E-state index >= 15 is 0 Å². The van der Waals surface area contributed by atoms with Gasteiger partial charge in [0.05, 0.1) is 16.1 Å². The molecule has 2 heteroatoms. The van der Waals surface area contributed by atoms with Gasteiger partial charge in [-0.1, -0.05) is 224 Å². The van der Waals surface area contributed by atoms with E-state index in [2.05, 4.69) is 212 Å². The average Bonchev–Trinajstić information content (AvgIpc) is 4.03. The molecule has 4 fully saturated rings. The minimum absolute atomic E-state index is 1.25. The SMILES string of the molecule is C[C]1[CH][C]2C=CC=C[C]2[C]1[Si](C)(CCCCCC[Si](C)([C]1[C](C)[CH][C]2C=CC=C[C]21)[C]1[C](C)[CH][C]2[C]1C=CC=C2c1ccccc1)[C]1[C](C)[CH][C]2[C]1C=CC=C2c1ccccc1. The number of rotatable bonds is 13. The van der Waals surface area contributed by atoms with Crippen molar-refractivity contribution in [3.05, 3.63) is 276 Å². The summed E-state index contributed by atoms with van der Waals surface area (Å²) in [5.41, 5.74) is 11.9. The Kier molecular flexibility index (Phi) is 12.2. The molecule has 0 nitrogen and oxygen atoms in total. The van der Waals surface area contributed by atoms with Crippen LogP contribution in [0.25, 0.3) is 11.1 Å². The summed E-state index contributed by atoms with van der Waals surface area (Å²) >= 11 is 0. The average molecular weight is 835 g/mol. The number of unbranched alkanes of at least 4 members (excludes halogenated alkanes) is 3. The molecule has 2 aromatic rings. The van der Waals surface area contributed by atoms with Gasteiger partial charge in [0.1, 0.15) is 0 Å². The number of fused-ring (bicyclic) bond motifs is 4. The highest BCUT2D eigenvalue weighted by Crippen LogP contribution is 2.66. The third-order valence-corrected chi connectivity index (χ3v) is 24.5. The summed E-state index contributed by atoms with van der Waals surface area (Å²) in [6, 6.07) is 24.5. The molecular formula is C60H58Si2. The first-order valence-electron chi connectivity index (χ1n) is 23.0. The molecule has 8 aliphatic rings. The lowest BCUT2D eigenvalue weighted by Crippen LogP contribution is -2.51. The molecule has 10 rings (SSSR count). The topological polar surface area (TPSA) is 0 Å². The van der Waals surface area contributed by atoms with Crippen molar-refractivity contribution in [1.82, 2.24) is 0 Å². The van der Waals surface area contributed by atoms with Crippen molar-refractivity contribution < 1.29 is 0 Å². The molecule has 0 aromatic heterocycles. The van der Waals surface area contributed by atoms with E-state index in [1.54, 1.807) is 22.2 Å². The summed E-state index contributed by atoms with van der Waals surface area (Å²) in [6.45, 7) is 15.0. The van der Waals surface area contributed by atoms with Gasteiger partial charge in [0.2, 0.25) is 0 Å². The zero-order chi connectivity index (χ0) is 42.6. The molecule has 0 aliphatic heterocycles. The summed E-state index contributed by atoms with van der Waals surface area (Å²) in [6.07, 6.45) is 47.4. The molecule has 62 heavy (non-hydrogen) atoms. The largest absolute Gasteiger partial charge is 0.0762 e. The summed E-state index contributed by atoms with van der Waals surface area (Å²) < 4.78 is 0. The van der Waals surface area contributed by atoms with Gasteiger partial charge in [-0.05, 0) is 93.8 Å². The van der Waals surface area contributed by atoms with Crippen LogP contribution in [0.5, 0.6) is 0 Å². The molecule has 0 saturated heterocycles. The lowest BCUT2D eigenvalue weighted by atomic mass is 9.81. The minimum Gasteiger partial charge on any atom is -0.0762 e. The van der Waals surface area contributed by atoms with Gasteiger partial charge in [-0.3, -0.25) is 0 Å². The van der Waals surface area contributed by atoms with Crippen LogP contribution >= 0.6 is 0 Å². The third-order valence-electron chi connectivity index (χ3n) is 14.7. The standard InChI is InChI=1S/C60H58Si2/c1-41-37-47-27-15-17-29-51(47)57(41)61(5,59-43(3)39-55-49(31-21-33-53(55)59)45-23-11-9-12-24-45)35-19-7-8-20-36-62(6,58-42(2)38-48-28-16-18-30-52(48)58)60-44(4)40-56-50(32-22-34-54(56)60)46-25-13-10-14-26-46/h9-18,21-34,37-40H,7-8,19-20,35-36H2,1-6H3. The first-order valence-corrected chi connectivity index (χ1v) is 28.4. The van der Waals surface area contributed by atoms with Crippen LogP contribution in [0.3, 0.4) is 0 Å². The van der Waals surface area contributed by atoms with E-state index in [1.807, 2.05) is 0 Å². The van der Waals surface area contributed by atoms with Gasteiger partial charge in [0, 0.05) is 47.3 Å². The Morgan fingerprint density at radius 1 is 0.355 bits per heavy atom. The lowest BCUT2D eigenvalue weighted by molar-refractivity contribution is 0.688. The molecule has 2 aromatic carbocycles. The van der Waals surface area contributed by atoms with Crippen LogP contribution < -0.4 is 0 Å². The van der Waals surface area contributed by atoms with Crippen LogP contribution in [0.1, 0.15) is 64.5 Å². The third kappa shape index (κ3) is 7.47. The maximum Gasteiger partial charge on any atom is 0.0672 e. The van der Waals surface area contributed by atoms with Gasteiger partial charge in [0.25, 0.3) is 0 Å². The van der Waals surface area contributed by atoms with Gasteiger partial charge in [-0.15, -0.1) is 0 Å². The van der Waals surface area contributed by atoms with E-state index in [-0.39, 0.29) is 0 Å². The van der Waals surface area contributed by atoms with Crippen molar-refractivity contribution in [2.45, 2.75) is 78.6 Å². The zero-order valence-electron chi connectivity index (χ0n) is 37.4. The van der Waals surface area contributed by atoms with Gasteiger partial charge in [-0.25, -0.2) is 0 Å². The highest BCUT2D eigenvalue weighted by atomic mass is 28.3. The van der Waals surface area contributed by atoms with Gasteiger partial charge in [-0.2, -0.15) is 0 Å². The van der Waals surface area contributed by atoms with E-state index in [4.69, 9.17) is 0 Å². The van der Waals surface area contributed by atoms with Gasteiger partial charge < -0.3 is 0 Å². The molecule has 8 aliphatic carbocycles. The minimum atomic E-state index is -2.22. The fourth-order valence-corrected chi connectivity index (χ4v) is 22.8. The Morgan fingerprint density at radius 2 is 0.710 bits per heavy atom. The first-order chi connectivity index (χ1) is 30.2. The number of hydrogen-bond acceptors (Lipinski definition) is 0. The highest BCUT2D eigenvalue weighted by Gasteiger charge is 2.62. The molecule has 0 amide bonds. The van der Waals surface area contributed by atoms with Crippen LogP contribution in [0, 0.1) is 119 Å². The van der Waals surface area contributed by atoms with E-state index in [9.17, 15) is 0 Å². The molecular weight excluding hydrogens is 777 g/mol. The van der Waals surface area contributed by atoms with E-state index in [0.717, 1.165) is 0 Å². The highest BCUT2D eigenvalue weighted by molar-refractivity contribution is 6.92. The van der Waals surface area contributed by atoms with E-state index < -0.39 is 16.1 Å². The smallest absolute Gasteiger partial charge is 0.0672 e. The summed E-state index contributed by atoms with van der Waals surface area (Å²) in [7, 11) is -4.45. The fraction of sp³-hybridized carbons (Fsp3) is 0.200. The Balaban J connectivity index is 0.884. The summed E-state index contributed by atoms with van der Waals surface area (Å²) in [5, 5.41) is 0. The molecule has 0 heterocycles. The predicted octanol–water partition coefficient (Wildman–Crippen LogP) is 14.6. The second-order valence-corrected chi connectivity index (χ2v) is 27.2. The van der Waals surface area contributed by atoms with Crippen molar-refractivity contribution in [3.63, 3.8) is 0 Å². The zero-order valence-corrected chi connectivity index (χ0v) is 39.4. The van der Waals surface area contributed by atoms with Crippen molar-refractivity contribution in [2.75, 3.05) is 0 Å². The van der Waals surface area contributed by atoms with Crippen molar-refractivity contribution >= 4 is 27.3 Å². The Hall–Kier alpha value is -3.21. The van der Waals surface area contributed by atoms with Crippen molar-refractivity contribution in [3.8, 4) is 0 Å². The maximum absolute atomic E-state index is 2.71. The molecule has 0 bridgehead atoms. The van der Waals surface area contributed by atoms with Crippen molar-refractivity contribution in [1.29, 1.82) is 0 Å². The number of hydrogen-bond donors (Lipinski definition) is 0.